The summed E-state index contributed by atoms with van der Waals surface area (Å²) in [6.07, 6.45) is 0. The summed E-state index contributed by atoms with van der Waals surface area (Å²) in [7, 11) is 0. The van der Waals surface area contributed by atoms with Crippen LogP contribution in [0, 0.1) is 12.7 Å². The molecule has 3 nitrogen and oxygen atoms in total. The molecule has 4 heteroatoms. The first-order valence-electron chi connectivity index (χ1n) is 5.84. The Kier molecular flexibility index (Phi) is 2.45. The number of carbonyl (C=O) groups excluding carboxylic acids is 2. The summed E-state index contributed by atoms with van der Waals surface area (Å²) in [6, 6.07) is 11.0. The first-order chi connectivity index (χ1) is 9.11. The van der Waals surface area contributed by atoms with Crippen LogP contribution in [0.2, 0.25) is 0 Å². The van der Waals surface area contributed by atoms with Crippen LogP contribution in [0.3, 0.4) is 0 Å². The van der Waals surface area contributed by atoms with Crippen LogP contribution < -0.4 is 4.90 Å². The minimum atomic E-state index is -0.436. The third kappa shape index (κ3) is 1.57. The van der Waals surface area contributed by atoms with E-state index in [4.69, 9.17) is 0 Å². The van der Waals surface area contributed by atoms with Crippen molar-refractivity contribution in [2.24, 2.45) is 0 Å². The SMILES string of the molecule is Cc1c(F)cccc1N1C(=O)c2ccccc2C1=O. The number of hydrogen-bond donors (Lipinski definition) is 0. The van der Waals surface area contributed by atoms with E-state index in [9.17, 15) is 14.0 Å². The summed E-state index contributed by atoms with van der Waals surface area (Å²) in [5, 5.41) is 0. The molecule has 0 aliphatic carbocycles. The van der Waals surface area contributed by atoms with Crippen molar-refractivity contribution in [3.8, 4) is 0 Å². The van der Waals surface area contributed by atoms with Gasteiger partial charge in [-0.1, -0.05) is 18.2 Å². The Morgan fingerprint density at radius 3 is 2.05 bits per heavy atom. The monoisotopic (exact) mass is 255 g/mol. The Morgan fingerprint density at radius 1 is 0.895 bits per heavy atom. The standard InChI is InChI=1S/C15H10FNO2/c1-9-12(16)7-4-8-13(9)17-14(18)10-5-2-3-6-11(10)15(17)19/h2-8H,1H3. The van der Waals surface area contributed by atoms with Gasteiger partial charge in [0, 0.05) is 5.56 Å². The average molecular weight is 255 g/mol. The van der Waals surface area contributed by atoms with Gasteiger partial charge in [0.1, 0.15) is 5.82 Å². The Morgan fingerprint density at radius 2 is 1.47 bits per heavy atom. The fraction of sp³-hybridized carbons (Fsp3) is 0.0667. The second-order valence-corrected chi connectivity index (χ2v) is 4.38. The maximum absolute atomic E-state index is 13.6. The highest BCUT2D eigenvalue weighted by Gasteiger charge is 2.37. The van der Waals surface area contributed by atoms with Crippen molar-refractivity contribution < 1.29 is 14.0 Å². The van der Waals surface area contributed by atoms with Gasteiger partial charge >= 0.3 is 0 Å². The van der Waals surface area contributed by atoms with Crippen molar-refractivity contribution in [2.45, 2.75) is 6.92 Å². The number of benzene rings is 2. The summed E-state index contributed by atoms with van der Waals surface area (Å²) in [5.41, 5.74) is 1.30. The predicted octanol–water partition coefficient (Wildman–Crippen LogP) is 2.93. The van der Waals surface area contributed by atoms with E-state index in [1.165, 1.54) is 12.1 Å². The van der Waals surface area contributed by atoms with Gasteiger partial charge in [0.2, 0.25) is 0 Å². The van der Waals surface area contributed by atoms with Gasteiger partial charge in [-0.25, -0.2) is 9.29 Å². The van der Waals surface area contributed by atoms with Crippen LogP contribution in [0.5, 0.6) is 0 Å². The second kappa shape index (κ2) is 4.02. The average Bonchev–Trinajstić information content (AvgIpc) is 2.67. The van der Waals surface area contributed by atoms with Crippen molar-refractivity contribution in [1.82, 2.24) is 0 Å². The molecule has 1 heterocycles. The number of halogens is 1. The molecule has 0 spiro atoms. The number of rotatable bonds is 1. The van der Waals surface area contributed by atoms with E-state index in [1.807, 2.05) is 0 Å². The van der Waals surface area contributed by atoms with Gasteiger partial charge in [-0.05, 0) is 31.2 Å². The molecule has 2 aromatic carbocycles. The predicted molar refractivity (Wildman–Crippen MR) is 68.7 cm³/mol. The van der Waals surface area contributed by atoms with Crippen LogP contribution in [-0.2, 0) is 0 Å². The lowest BCUT2D eigenvalue weighted by atomic mass is 10.1. The van der Waals surface area contributed by atoms with Gasteiger partial charge in [0.15, 0.2) is 0 Å². The molecule has 2 amide bonds. The molecule has 1 aliphatic rings. The molecule has 0 bridgehead atoms. The lowest BCUT2D eigenvalue weighted by molar-refractivity contribution is 0.0926. The summed E-state index contributed by atoms with van der Waals surface area (Å²) in [5.74, 6) is -1.25. The van der Waals surface area contributed by atoms with Gasteiger partial charge in [-0.2, -0.15) is 0 Å². The summed E-state index contributed by atoms with van der Waals surface area (Å²) >= 11 is 0. The Balaban J connectivity index is 2.17. The maximum Gasteiger partial charge on any atom is 0.266 e. The van der Waals surface area contributed by atoms with Crippen LogP contribution in [0.4, 0.5) is 10.1 Å². The minimum Gasteiger partial charge on any atom is -0.268 e. The fourth-order valence-corrected chi connectivity index (χ4v) is 2.25. The number of hydrogen-bond acceptors (Lipinski definition) is 2. The molecule has 0 atom stereocenters. The highest BCUT2D eigenvalue weighted by Crippen LogP contribution is 2.31. The molecule has 0 unspecified atom stereocenters. The molecule has 0 aromatic heterocycles. The zero-order chi connectivity index (χ0) is 13.6. The summed E-state index contributed by atoms with van der Waals surface area (Å²) < 4.78 is 13.6. The summed E-state index contributed by atoms with van der Waals surface area (Å²) in [4.78, 5) is 25.5. The van der Waals surface area contributed by atoms with Gasteiger partial charge in [-0.3, -0.25) is 9.59 Å². The zero-order valence-corrected chi connectivity index (χ0v) is 10.2. The number of anilines is 1. The normalized spacial score (nSPS) is 13.9. The molecule has 0 N–H and O–H groups in total. The quantitative estimate of drug-likeness (QED) is 0.735. The third-order valence-electron chi connectivity index (χ3n) is 3.27. The van der Waals surface area contributed by atoms with Crippen molar-refractivity contribution >= 4 is 17.5 Å². The van der Waals surface area contributed by atoms with Gasteiger partial charge in [0.05, 0.1) is 16.8 Å². The molecule has 1 aliphatic heterocycles. The Labute approximate surface area is 109 Å². The fourth-order valence-electron chi connectivity index (χ4n) is 2.25. The number of nitrogens with zero attached hydrogens (tertiary/aromatic N) is 1. The lowest BCUT2D eigenvalue weighted by Gasteiger charge is -2.16. The highest BCUT2D eigenvalue weighted by atomic mass is 19.1. The smallest absolute Gasteiger partial charge is 0.266 e. The van der Waals surface area contributed by atoms with Crippen LogP contribution in [0.25, 0.3) is 0 Å². The van der Waals surface area contributed by atoms with E-state index < -0.39 is 17.6 Å². The highest BCUT2D eigenvalue weighted by molar-refractivity contribution is 6.34. The lowest BCUT2D eigenvalue weighted by Crippen LogP contribution is -2.30. The largest absolute Gasteiger partial charge is 0.268 e. The van der Waals surface area contributed by atoms with Crippen molar-refractivity contribution in [2.75, 3.05) is 4.90 Å². The van der Waals surface area contributed by atoms with E-state index in [0.717, 1.165) is 4.90 Å². The van der Waals surface area contributed by atoms with E-state index in [2.05, 4.69) is 0 Å². The van der Waals surface area contributed by atoms with E-state index in [0.29, 0.717) is 16.8 Å². The van der Waals surface area contributed by atoms with Gasteiger partial charge in [-0.15, -0.1) is 0 Å². The van der Waals surface area contributed by atoms with E-state index >= 15 is 0 Å². The molecular formula is C15H10FNO2. The molecule has 94 valence electrons. The summed E-state index contributed by atoms with van der Waals surface area (Å²) in [6.45, 7) is 1.55. The van der Waals surface area contributed by atoms with Crippen LogP contribution in [-0.4, -0.2) is 11.8 Å². The second-order valence-electron chi connectivity index (χ2n) is 4.38. The number of imide groups is 1. The van der Waals surface area contributed by atoms with Crippen LogP contribution >= 0.6 is 0 Å². The van der Waals surface area contributed by atoms with Crippen molar-refractivity contribution in [3.63, 3.8) is 0 Å². The molecule has 0 saturated heterocycles. The molecule has 19 heavy (non-hydrogen) atoms. The van der Waals surface area contributed by atoms with E-state index in [1.54, 1.807) is 37.3 Å². The topological polar surface area (TPSA) is 37.4 Å². The van der Waals surface area contributed by atoms with E-state index in [-0.39, 0.29) is 5.56 Å². The number of carbonyl (C=O) groups is 2. The van der Waals surface area contributed by atoms with Gasteiger partial charge < -0.3 is 0 Å². The van der Waals surface area contributed by atoms with Crippen molar-refractivity contribution in [3.05, 3.63) is 65.0 Å². The Bertz CT molecular complexity index is 674. The van der Waals surface area contributed by atoms with Crippen LogP contribution in [0.1, 0.15) is 26.3 Å². The molecule has 0 radical (unpaired) electrons. The third-order valence-corrected chi connectivity index (χ3v) is 3.27. The minimum absolute atomic E-state index is 0.289. The molecule has 2 aromatic rings. The zero-order valence-electron chi connectivity index (χ0n) is 10.2. The number of fused-ring (bicyclic) bond motifs is 1. The molecular weight excluding hydrogens is 245 g/mol. The molecule has 3 rings (SSSR count). The first kappa shape index (κ1) is 11.6. The Hall–Kier alpha value is -2.49. The number of amides is 2. The molecule has 0 fully saturated rings. The van der Waals surface area contributed by atoms with Crippen LogP contribution in [0.15, 0.2) is 42.5 Å². The maximum atomic E-state index is 13.6. The molecule has 0 saturated carbocycles. The first-order valence-corrected chi connectivity index (χ1v) is 5.84. The van der Waals surface area contributed by atoms with Crippen molar-refractivity contribution in [1.29, 1.82) is 0 Å². The van der Waals surface area contributed by atoms with Gasteiger partial charge in [0.25, 0.3) is 11.8 Å².